The lowest BCUT2D eigenvalue weighted by atomic mass is 9.94. The fourth-order valence-corrected chi connectivity index (χ4v) is 4.72. The van der Waals surface area contributed by atoms with Crippen molar-refractivity contribution in [1.29, 1.82) is 0 Å². The highest BCUT2D eigenvalue weighted by molar-refractivity contribution is 7.88. The van der Waals surface area contributed by atoms with Crippen LogP contribution in [0.25, 0.3) is 0 Å². The molecule has 0 radical (unpaired) electrons. The molecular weight excluding hydrogens is 272 g/mol. The van der Waals surface area contributed by atoms with E-state index >= 15 is 0 Å². The van der Waals surface area contributed by atoms with Gasteiger partial charge in [0.2, 0.25) is 10.0 Å². The van der Waals surface area contributed by atoms with Crippen LogP contribution < -0.4 is 5.73 Å². The minimum absolute atomic E-state index is 0.0674. The van der Waals surface area contributed by atoms with Gasteiger partial charge < -0.3 is 5.73 Å². The van der Waals surface area contributed by atoms with E-state index in [4.69, 9.17) is 5.73 Å². The maximum absolute atomic E-state index is 12.6. The van der Waals surface area contributed by atoms with E-state index in [1.807, 2.05) is 31.2 Å². The second-order valence-corrected chi connectivity index (χ2v) is 7.67. The van der Waals surface area contributed by atoms with Crippen molar-refractivity contribution in [3.63, 3.8) is 0 Å². The van der Waals surface area contributed by atoms with E-state index in [2.05, 4.69) is 6.92 Å². The molecule has 1 aliphatic heterocycles. The number of nitrogens with zero attached hydrogens (tertiary/aromatic N) is 1. The van der Waals surface area contributed by atoms with Crippen molar-refractivity contribution in [2.75, 3.05) is 6.54 Å². The number of sulfonamides is 1. The molecule has 0 aliphatic carbocycles. The predicted octanol–water partition coefficient (Wildman–Crippen LogP) is 2.10. The molecule has 1 heterocycles. The molecule has 0 spiro atoms. The van der Waals surface area contributed by atoms with Crippen LogP contribution in [0.2, 0.25) is 0 Å². The van der Waals surface area contributed by atoms with Gasteiger partial charge in [0.05, 0.1) is 5.75 Å². The highest BCUT2D eigenvalue weighted by Gasteiger charge is 2.33. The summed E-state index contributed by atoms with van der Waals surface area (Å²) < 4.78 is 26.9. The number of hydrogen-bond acceptors (Lipinski definition) is 3. The van der Waals surface area contributed by atoms with Gasteiger partial charge in [0, 0.05) is 19.1 Å². The lowest BCUT2D eigenvalue weighted by molar-refractivity contribution is 0.202. The van der Waals surface area contributed by atoms with Crippen molar-refractivity contribution in [2.24, 2.45) is 11.7 Å². The number of benzene rings is 1. The van der Waals surface area contributed by atoms with E-state index < -0.39 is 10.0 Å². The zero-order chi connectivity index (χ0) is 14.8. The summed E-state index contributed by atoms with van der Waals surface area (Å²) in [6, 6.07) is 7.62. The third-order valence-corrected chi connectivity index (χ3v) is 6.18. The molecule has 1 aromatic carbocycles. The van der Waals surface area contributed by atoms with Gasteiger partial charge in [0.15, 0.2) is 0 Å². The molecule has 112 valence electrons. The SMILES string of the molecule is CC1CCCN(S(=O)(=O)Cc2cccc(CN)c2)C1C. The van der Waals surface area contributed by atoms with Crippen LogP contribution in [0.15, 0.2) is 24.3 Å². The van der Waals surface area contributed by atoms with Crippen LogP contribution in [0.3, 0.4) is 0 Å². The molecule has 0 amide bonds. The molecule has 2 rings (SSSR count). The molecule has 0 aromatic heterocycles. The highest BCUT2D eigenvalue weighted by atomic mass is 32.2. The predicted molar refractivity (Wildman–Crippen MR) is 81.5 cm³/mol. The van der Waals surface area contributed by atoms with E-state index in [0.717, 1.165) is 24.0 Å². The molecule has 5 heteroatoms. The molecule has 0 saturated carbocycles. The van der Waals surface area contributed by atoms with E-state index in [9.17, 15) is 8.42 Å². The molecule has 2 atom stereocenters. The Morgan fingerprint density at radius 1 is 1.30 bits per heavy atom. The molecule has 2 N–H and O–H groups in total. The molecule has 1 fully saturated rings. The van der Waals surface area contributed by atoms with E-state index in [1.54, 1.807) is 4.31 Å². The third-order valence-electron chi connectivity index (χ3n) is 4.25. The van der Waals surface area contributed by atoms with Gasteiger partial charge in [-0.2, -0.15) is 4.31 Å². The minimum Gasteiger partial charge on any atom is -0.326 e. The van der Waals surface area contributed by atoms with Gasteiger partial charge in [-0.05, 0) is 36.8 Å². The molecule has 20 heavy (non-hydrogen) atoms. The van der Waals surface area contributed by atoms with Gasteiger partial charge in [0.1, 0.15) is 0 Å². The Kier molecular flexibility index (Phi) is 4.83. The smallest absolute Gasteiger partial charge is 0.218 e. The second-order valence-electron chi connectivity index (χ2n) is 5.75. The Bertz CT molecular complexity index is 557. The zero-order valence-corrected chi connectivity index (χ0v) is 13.1. The first-order chi connectivity index (χ1) is 9.44. The first kappa shape index (κ1) is 15.5. The van der Waals surface area contributed by atoms with Crippen molar-refractivity contribution in [3.8, 4) is 0 Å². The molecule has 1 saturated heterocycles. The van der Waals surface area contributed by atoms with Crippen LogP contribution in [0.1, 0.15) is 37.8 Å². The fraction of sp³-hybridized carbons (Fsp3) is 0.600. The van der Waals surface area contributed by atoms with Gasteiger partial charge in [-0.1, -0.05) is 31.2 Å². The molecule has 2 unspecified atom stereocenters. The summed E-state index contributed by atoms with van der Waals surface area (Å²) in [6.45, 7) is 5.22. The largest absolute Gasteiger partial charge is 0.326 e. The van der Waals surface area contributed by atoms with Crippen LogP contribution in [0, 0.1) is 5.92 Å². The monoisotopic (exact) mass is 296 g/mol. The zero-order valence-electron chi connectivity index (χ0n) is 12.2. The average Bonchev–Trinajstić information content (AvgIpc) is 2.41. The van der Waals surface area contributed by atoms with Crippen LogP contribution in [-0.2, 0) is 22.3 Å². The Balaban J connectivity index is 2.17. The van der Waals surface area contributed by atoms with Crippen molar-refractivity contribution < 1.29 is 8.42 Å². The lowest BCUT2D eigenvalue weighted by Gasteiger charge is -2.36. The summed E-state index contributed by atoms with van der Waals surface area (Å²) in [5.41, 5.74) is 7.39. The summed E-state index contributed by atoms with van der Waals surface area (Å²) >= 11 is 0. The topological polar surface area (TPSA) is 63.4 Å². The fourth-order valence-electron chi connectivity index (χ4n) is 2.83. The Morgan fingerprint density at radius 2 is 2.00 bits per heavy atom. The highest BCUT2D eigenvalue weighted by Crippen LogP contribution is 2.27. The van der Waals surface area contributed by atoms with Gasteiger partial charge >= 0.3 is 0 Å². The normalized spacial score (nSPS) is 24.8. The number of hydrogen-bond donors (Lipinski definition) is 1. The van der Waals surface area contributed by atoms with Crippen molar-refractivity contribution in [1.82, 2.24) is 4.31 Å². The van der Waals surface area contributed by atoms with Gasteiger partial charge in [-0.25, -0.2) is 8.42 Å². The summed E-state index contributed by atoms with van der Waals surface area (Å²) in [5, 5.41) is 0. The van der Waals surface area contributed by atoms with E-state index in [1.165, 1.54) is 0 Å². The van der Waals surface area contributed by atoms with Crippen molar-refractivity contribution in [2.45, 2.75) is 45.0 Å². The van der Waals surface area contributed by atoms with Gasteiger partial charge in [0.25, 0.3) is 0 Å². The standard InChI is InChI=1S/C15H24N2O2S/c1-12-5-4-8-17(13(12)2)20(18,19)11-15-7-3-6-14(9-15)10-16/h3,6-7,9,12-13H,4-5,8,10-11,16H2,1-2H3. The maximum atomic E-state index is 12.6. The first-order valence-electron chi connectivity index (χ1n) is 7.21. The molecule has 0 bridgehead atoms. The van der Waals surface area contributed by atoms with Crippen molar-refractivity contribution in [3.05, 3.63) is 35.4 Å². The second kappa shape index (κ2) is 6.24. The Morgan fingerprint density at radius 3 is 2.70 bits per heavy atom. The van der Waals surface area contributed by atoms with Crippen LogP contribution in [0.5, 0.6) is 0 Å². The number of rotatable bonds is 4. The maximum Gasteiger partial charge on any atom is 0.218 e. The summed E-state index contributed by atoms with van der Waals surface area (Å²) in [6.07, 6.45) is 2.06. The minimum atomic E-state index is -3.25. The molecule has 1 aromatic rings. The van der Waals surface area contributed by atoms with Crippen LogP contribution in [0.4, 0.5) is 0 Å². The average molecular weight is 296 g/mol. The summed E-state index contributed by atoms with van der Waals surface area (Å²) in [4.78, 5) is 0. The molecular formula is C15H24N2O2S. The van der Waals surface area contributed by atoms with Gasteiger partial charge in [-0.15, -0.1) is 0 Å². The van der Waals surface area contributed by atoms with E-state index in [0.29, 0.717) is 19.0 Å². The Labute approximate surface area is 122 Å². The lowest BCUT2D eigenvalue weighted by Crippen LogP contribution is -2.46. The van der Waals surface area contributed by atoms with Crippen LogP contribution >= 0.6 is 0 Å². The van der Waals surface area contributed by atoms with Crippen molar-refractivity contribution >= 4 is 10.0 Å². The van der Waals surface area contributed by atoms with Gasteiger partial charge in [-0.3, -0.25) is 0 Å². The number of nitrogens with two attached hydrogens (primary N) is 1. The number of piperidine rings is 1. The quantitative estimate of drug-likeness (QED) is 0.925. The van der Waals surface area contributed by atoms with Crippen LogP contribution in [-0.4, -0.2) is 25.3 Å². The third kappa shape index (κ3) is 3.40. The summed E-state index contributed by atoms with van der Waals surface area (Å²) in [7, 11) is -3.25. The first-order valence-corrected chi connectivity index (χ1v) is 8.82. The van der Waals surface area contributed by atoms with E-state index in [-0.39, 0.29) is 11.8 Å². The Hall–Kier alpha value is -0.910. The molecule has 4 nitrogen and oxygen atoms in total. The molecule has 1 aliphatic rings. The summed E-state index contributed by atoms with van der Waals surface area (Å²) in [5.74, 6) is 0.492.